The number of ether oxygens (including phenoxy) is 1. The van der Waals surface area contributed by atoms with E-state index in [4.69, 9.17) is 4.74 Å². The lowest BCUT2D eigenvalue weighted by atomic mass is 10.1. The van der Waals surface area contributed by atoms with Crippen LogP contribution in [0, 0.1) is 0 Å². The third-order valence-electron chi connectivity index (χ3n) is 3.57. The maximum atomic E-state index is 11.5. The number of aliphatic hydroxyl groups is 2. The van der Waals surface area contributed by atoms with Crippen molar-refractivity contribution in [2.45, 2.75) is 23.9 Å². The third-order valence-corrected chi connectivity index (χ3v) is 4.65. The first-order valence-electron chi connectivity index (χ1n) is 6.02. The highest BCUT2D eigenvalue weighted by Crippen LogP contribution is 2.48. The number of nitrogens with zero attached hydrogens (tertiary/aromatic N) is 2. The molecule has 2 unspecified atom stereocenters. The number of fused-ring (bicyclic) bond motifs is 4. The molecule has 0 saturated carbocycles. The molecular formula is C13H10N2O4S. The molecule has 2 aliphatic rings. The Balaban J connectivity index is 2.03. The van der Waals surface area contributed by atoms with Crippen LogP contribution in [-0.2, 0) is 15.3 Å². The van der Waals surface area contributed by atoms with Crippen LogP contribution in [0.2, 0.25) is 0 Å². The molecule has 1 aromatic carbocycles. The van der Waals surface area contributed by atoms with Gasteiger partial charge in [0, 0.05) is 0 Å². The number of thioether (sulfide) groups is 1. The standard InChI is InChI=1S/C13H10N2O4S/c1-13(18)10-9(8(16)11(17)19-10)20-12-14-6-4-2-3-5-7(6)15(12)13/h2-5,10,16,18H,1H3. The van der Waals surface area contributed by atoms with Gasteiger partial charge in [0.1, 0.15) is 0 Å². The Hall–Kier alpha value is -1.99. The molecule has 1 aromatic heterocycles. The van der Waals surface area contributed by atoms with Gasteiger partial charge in [-0.25, -0.2) is 9.78 Å². The van der Waals surface area contributed by atoms with Gasteiger partial charge in [0.05, 0.1) is 15.9 Å². The van der Waals surface area contributed by atoms with Gasteiger partial charge in [-0.15, -0.1) is 0 Å². The van der Waals surface area contributed by atoms with Crippen molar-refractivity contribution in [3.05, 3.63) is 34.9 Å². The van der Waals surface area contributed by atoms with Gasteiger partial charge < -0.3 is 14.9 Å². The van der Waals surface area contributed by atoms with Crippen LogP contribution in [0.25, 0.3) is 11.0 Å². The summed E-state index contributed by atoms with van der Waals surface area (Å²) >= 11 is 1.14. The number of rotatable bonds is 0. The van der Waals surface area contributed by atoms with Crippen LogP contribution in [0.4, 0.5) is 0 Å². The van der Waals surface area contributed by atoms with Crippen LogP contribution in [0.3, 0.4) is 0 Å². The van der Waals surface area contributed by atoms with Crippen LogP contribution in [-0.4, -0.2) is 31.8 Å². The number of carbonyl (C=O) groups excluding carboxylic acids is 1. The van der Waals surface area contributed by atoms with Gasteiger partial charge in [-0.1, -0.05) is 12.1 Å². The summed E-state index contributed by atoms with van der Waals surface area (Å²) in [6.07, 6.45) is -0.912. The molecule has 0 spiro atoms. The van der Waals surface area contributed by atoms with Crippen molar-refractivity contribution in [1.29, 1.82) is 0 Å². The molecule has 20 heavy (non-hydrogen) atoms. The van der Waals surface area contributed by atoms with Gasteiger partial charge in [-0.05, 0) is 30.8 Å². The average molecular weight is 290 g/mol. The second-order valence-electron chi connectivity index (χ2n) is 4.91. The minimum absolute atomic E-state index is 0.308. The van der Waals surface area contributed by atoms with Crippen LogP contribution in [0.15, 0.2) is 40.1 Å². The first-order chi connectivity index (χ1) is 9.50. The molecule has 0 radical (unpaired) electrons. The van der Waals surface area contributed by atoms with E-state index in [1.54, 1.807) is 11.5 Å². The van der Waals surface area contributed by atoms with Crippen LogP contribution < -0.4 is 0 Å². The predicted octanol–water partition coefficient (Wildman–Crippen LogP) is 1.50. The monoisotopic (exact) mass is 290 g/mol. The molecule has 102 valence electrons. The maximum absolute atomic E-state index is 11.5. The highest BCUT2D eigenvalue weighted by atomic mass is 32.2. The number of esters is 1. The molecule has 2 N–H and O–H groups in total. The zero-order chi connectivity index (χ0) is 14.1. The number of para-hydroxylation sites is 2. The van der Waals surface area contributed by atoms with Crippen molar-refractivity contribution in [2.75, 3.05) is 0 Å². The van der Waals surface area contributed by atoms with E-state index in [-0.39, 0.29) is 0 Å². The van der Waals surface area contributed by atoms with Gasteiger partial charge in [-0.3, -0.25) is 4.57 Å². The first kappa shape index (κ1) is 11.8. The lowest BCUT2D eigenvalue weighted by molar-refractivity contribution is -0.162. The fourth-order valence-corrected chi connectivity index (χ4v) is 3.90. The summed E-state index contributed by atoms with van der Waals surface area (Å²) in [6.45, 7) is 1.54. The van der Waals surface area contributed by atoms with Crippen LogP contribution in [0.5, 0.6) is 0 Å². The van der Waals surface area contributed by atoms with Crippen molar-refractivity contribution in [1.82, 2.24) is 9.55 Å². The quantitative estimate of drug-likeness (QED) is 0.715. The third kappa shape index (κ3) is 1.28. The largest absolute Gasteiger partial charge is 0.501 e. The average Bonchev–Trinajstić information content (AvgIpc) is 2.91. The van der Waals surface area contributed by atoms with E-state index in [2.05, 4.69) is 4.98 Å². The number of aromatic nitrogens is 2. The molecule has 4 rings (SSSR count). The number of carbonyl (C=O) groups is 1. The minimum Gasteiger partial charge on any atom is -0.501 e. The van der Waals surface area contributed by atoms with E-state index >= 15 is 0 Å². The van der Waals surface area contributed by atoms with Crippen molar-refractivity contribution in [2.24, 2.45) is 0 Å². The molecule has 2 aliphatic heterocycles. The van der Waals surface area contributed by atoms with Crippen molar-refractivity contribution in [3.8, 4) is 0 Å². The van der Waals surface area contributed by atoms with E-state index in [0.29, 0.717) is 10.1 Å². The predicted molar refractivity (Wildman–Crippen MR) is 71.0 cm³/mol. The molecule has 7 heteroatoms. The van der Waals surface area contributed by atoms with Crippen LogP contribution in [0.1, 0.15) is 6.92 Å². The van der Waals surface area contributed by atoms with Crippen molar-refractivity contribution < 1.29 is 19.7 Å². The van der Waals surface area contributed by atoms with E-state index in [1.807, 2.05) is 24.3 Å². The normalized spacial score (nSPS) is 28.5. The highest BCUT2D eigenvalue weighted by Gasteiger charge is 2.52. The molecule has 0 aliphatic carbocycles. The maximum Gasteiger partial charge on any atom is 0.375 e. The van der Waals surface area contributed by atoms with Gasteiger partial charge in [-0.2, -0.15) is 0 Å². The molecular weight excluding hydrogens is 280 g/mol. The topological polar surface area (TPSA) is 84.6 Å². The first-order valence-corrected chi connectivity index (χ1v) is 6.84. The van der Waals surface area contributed by atoms with Gasteiger partial charge in [0.15, 0.2) is 17.0 Å². The lowest BCUT2D eigenvalue weighted by Gasteiger charge is -2.36. The second-order valence-corrected chi connectivity index (χ2v) is 5.92. The zero-order valence-electron chi connectivity index (χ0n) is 10.4. The number of hydrogen-bond acceptors (Lipinski definition) is 6. The van der Waals surface area contributed by atoms with Crippen LogP contribution >= 0.6 is 11.8 Å². The summed E-state index contributed by atoms with van der Waals surface area (Å²) in [5.41, 5.74) is -0.00486. The zero-order valence-corrected chi connectivity index (χ0v) is 11.2. The van der Waals surface area contributed by atoms with E-state index in [0.717, 1.165) is 22.8 Å². The van der Waals surface area contributed by atoms with Gasteiger partial charge in [0.25, 0.3) is 0 Å². The Labute approximate surface area is 117 Å². The lowest BCUT2D eigenvalue weighted by Crippen LogP contribution is -2.45. The van der Waals surface area contributed by atoms with Crippen molar-refractivity contribution >= 4 is 28.8 Å². The second kappa shape index (κ2) is 3.56. The summed E-state index contributed by atoms with van der Waals surface area (Å²) in [6, 6.07) is 7.39. The Morgan fingerprint density at radius 1 is 1.45 bits per heavy atom. The molecule has 0 saturated heterocycles. The number of hydrogen-bond donors (Lipinski definition) is 2. The molecule has 2 aromatic rings. The Bertz CT molecular complexity index is 793. The molecule has 0 bridgehead atoms. The molecule has 3 heterocycles. The van der Waals surface area contributed by atoms with E-state index in [9.17, 15) is 15.0 Å². The summed E-state index contributed by atoms with van der Waals surface area (Å²) in [5, 5.41) is 21.1. The molecule has 2 atom stereocenters. The number of imidazole rings is 1. The highest BCUT2D eigenvalue weighted by molar-refractivity contribution is 8.03. The fourth-order valence-electron chi connectivity index (χ4n) is 2.63. The molecule has 6 nitrogen and oxygen atoms in total. The fraction of sp³-hybridized carbons (Fsp3) is 0.231. The van der Waals surface area contributed by atoms with Crippen molar-refractivity contribution in [3.63, 3.8) is 0 Å². The summed E-state index contributed by atoms with van der Waals surface area (Å²) in [4.78, 5) is 16.2. The summed E-state index contributed by atoms with van der Waals surface area (Å²) in [5.74, 6) is -1.26. The number of benzene rings is 1. The smallest absolute Gasteiger partial charge is 0.375 e. The Morgan fingerprint density at radius 3 is 3.00 bits per heavy atom. The Kier molecular flexibility index (Phi) is 2.10. The summed E-state index contributed by atoms with van der Waals surface area (Å²) < 4.78 is 6.72. The van der Waals surface area contributed by atoms with Gasteiger partial charge >= 0.3 is 5.97 Å². The van der Waals surface area contributed by atoms with E-state index < -0.39 is 23.6 Å². The molecule has 0 amide bonds. The number of aliphatic hydroxyl groups excluding tert-OH is 1. The minimum atomic E-state index is -1.49. The summed E-state index contributed by atoms with van der Waals surface area (Å²) in [7, 11) is 0. The SMILES string of the molecule is CC1(O)C2OC(=O)C(O)=C2Sc2nc3ccccc3n21. The Morgan fingerprint density at radius 2 is 2.20 bits per heavy atom. The van der Waals surface area contributed by atoms with E-state index in [1.165, 1.54) is 0 Å². The molecule has 0 fully saturated rings. The van der Waals surface area contributed by atoms with Gasteiger partial charge in [0.2, 0.25) is 5.76 Å².